The molecule has 0 bridgehead atoms. The Morgan fingerprint density at radius 1 is 1.50 bits per heavy atom. The summed E-state index contributed by atoms with van der Waals surface area (Å²) in [6.07, 6.45) is 10.8. The lowest BCUT2D eigenvalue weighted by Crippen LogP contribution is -2.23. The van der Waals surface area contributed by atoms with Crippen LogP contribution in [0.1, 0.15) is 38.2 Å². The van der Waals surface area contributed by atoms with Crippen molar-refractivity contribution in [1.29, 1.82) is 0 Å². The van der Waals surface area contributed by atoms with Crippen LogP contribution in [0.3, 0.4) is 0 Å². The molecule has 1 unspecified atom stereocenters. The van der Waals surface area contributed by atoms with Crippen molar-refractivity contribution in [2.45, 2.75) is 45.6 Å². The number of aromatic nitrogens is 2. The van der Waals surface area contributed by atoms with Gasteiger partial charge in [-0.3, -0.25) is 4.68 Å². The second-order valence-electron chi connectivity index (χ2n) is 4.95. The van der Waals surface area contributed by atoms with Gasteiger partial charge in [0.2, 0.25) is 0 Å². The van der Waals surface area contributed by atoms with Crippen molar-refractivity contribution in [3.63, 3.8) is 0 Å². The predicted octanol–water partition coefficient (Wildman–Crippen LogP) is 2.21. The second kappa shape index (κ2) is 5.48. The molecule has 2 rings (SSSR count). The van der Waals surface area contributed by atoms with E-state index in [1.165, 1.54) is 31.2 Å². The first-order valence-electron chi connectivity index (χ1n) is 6.55. The summed E-state index contributed by atoms with van der Waals surface area (Å²) in [6.45, 7) is 3.90. The number of nitrogens with zero attached hydrogens (tertiary/aromatic N) is 2. The Hall–Kier alpha value is -0.830. The topological polar surface area (TPSA) is 43.8 Å². The normalized spacial score (nSPS) is 19.1. The summed E-state index contributed by atoms with van der Waals surface area (Å²) in [6, 6.07) is 0. The van der Waals surface area contributed by atoms with Gasteiger partial charge in [-0.05, 0) is 37.3 Å². The highest BCUT2D eigenvalue weighted by molar-refractivity contribution is 5.05. The molecule has 0 amide bonds. The number of hydrogen-bond acceptors (Lipinski definition) is 2. The van der Waals surface area contributed by atoms with E-state index >= 15 is 0 Å². The summed E-state index contributed by atoms with van der Waals surface area (Å²) >= 11 is 0. The van der Waals surface area contributed by atoms with Crippen LogP contribution in [0.4, 0.5) is 0 Å². The molecular formula is C13H23N3. The molecule has 0 aliphatic heterocycles. The Morgan fingerprint density at radius 2 is 2.25 bits per heavy atom. The van der Waals surface area contributed by atoms with E-state index in [1.54, 1.807) is 0 Å². The molecule has 1 aromatic rings. The van der Waals surface area contributed by atoms with E-state index in [0.717, 1.165) is 25.4 Å². The van der Waals surface area contributed by atoms with E-state index in [9.17, 15) is 0 Å². The maximum absolute atomic E-state index is 5.91. The summed E-state index contributed by atoms with van der Waals surface area (Å²) < 4.78 is 2.00. The standard InChI is InChI=1S/C13H23N3/c1-2-16-10-11(9-15-16)7-13(8-14)12-5-3-4-6-12/h9-10,12-13H,2-8,14H2,1H3. The number of aryl methyl sites for hydroxylation is 1. The summed E-state index contributed by atoms with van der Waals surface area (Å²) in [4.78, 5) is 0. The van der Waals surface area contributed by atoms with E-state index in [0.29, 0.717) is 5.92 Å². The van der Waals surface area contributed by atoms with Gasteiger partial charge in [0.05, 0.1) is 6.20 Å². The summed E-state index contributed by atoms with van der Waals surface area (Å²) in [5.41, 5.74) is 7.26. The van der Waals surface area contributed by atoms with Crippen LogP contribution in [-0.4, -0.2) is 16.3 Å². The molecule has 1 heterocycles. The fourth-order valence-electron chi connectivity index (χ4n) is 2.86. The maximum Gasteiger partial charge on any atom is 0.0521 e. The molecule has 16 heavy (non-hydrogen) atoms. The Kier molecular flexibility index (Phi) is 3.99. The molecule has 0 spiro atoms. The Bertz CT molecular complexity index is 313. The van der Waals surface area contributed by atoms with Crippen molar-refractivity contribution in [3.8, 4) is 0 Å². The van der Waals surface area contributed by atoms with Gasteiger partial charge in [0.25, 0.3) is 0 Å². The van der Waals surface area contributed by atoms with E-state index in [4.69, 9.17) is 5.73 Å². The summed E-state index contributed by atoms with van der Waals surface area (Å²) in [5, 5.41) is 4.32. The lowest BCUT2D eigenvalue weighted by Gasteiger charge is -2.20. The van der Waals surface area contributed by atoms with Crippen molar-refractivity contribution in [2.75, 3.05) is 6.54 Å². The molecular weight excluding hydrogens is 198 g/mol. The zero-order valence-corrected chi connectivity index (χ0v) is 10.2. The van der Waals surface area contributed by atoms with Crippen molar-refractivity contribution < 1.29 is 0 Å². The fourth-order valence-corrected chi connectivity index (χ4v) is 2.86. The van der Waals surface area contributed by atoms with Gasteiger partial charge in [-0.1, -0.05) is 25.7 Å². The quantitative estimate of drug-likeness (QED) is 0.828. The van der Waals surface area contributed by atoms with Crippen LogP contribution in [0.5, 0.6) is 0 Å². The van der Waals surface area contributed by atoms with Crippen LogP contribution < -0.4 is 5.73 Å². The minimum atomic E-state index is 0.664. The van der Waals surface area contributed by atoms with Crippen LogP contribution in [0.25, 0.3) is 0 Å². The van der Waals surface area contributed by atoms with Crippen LogP contribution in [-0.2, 0) is 13.0 Å². The number of rotatable bonds is 5. The number of nitrogens with two attached hydrogens (primary N) is 1. The first kappa shape index (κ1) is 11.6. The molecule has 2 N–H and O–H groups in total. The van der Waals surface area contributed by atoms with Crippen molar-refractivity contribution in [3.05, 3.63) is 18.0 Å². The number of hydrogen-bond donors (Lipinski definition) is 1. The van der Waals surface area contributed by atoms with Crippen LogP contribution in [0.2, 0.25) is 0 Å². The van der Waals surface area contributed by atoms with Gasteiger partial charge in [-0.25, -0.2) is 0 Å². The average Bonchev–Trinajstić information content (AvgIpc) is 2.96. The highest BCUT2D eigenvalue weighted by Crippen LogP contribution is 2.32. The Labute approximate surface area is 98.0 Å². The van der Waals surface area contributed by atoms with E-state index < -0.39 is 0 Å². The largest absolute Gasteiger partial charge is 0.330 e. The van der Waals surface area contributed by atoms with E-state index in [1.807, 2.05) is 10.9 Å². The van der Waals surface area contributed by atoms with Crippen LogP contribution in [0, 0.1) is 11.8 Å². The predicted molar refractivity (Wildman–Crippen MR) is 66.1 cm³/mol. The smallest absolute Gasteiger partial charge is 0.0521 e. The van der Waals surface area contributed by atoms with Crippen molar-refractivity contribution in [1.82, 2.24) is 9.78 Å². The van der Waals surface area contributed by atoms with Crippen molar-refractivity contribution in [2.24, 2.45) is 17.6 Å². The van der Waals surface area contributed by atoms with Crippen LogP contribution >= 0.6 is 0 Å². The Morgan fingerprint density at radius 3 is 2.81 bits per heavy atom. The zero-order valence-electron chi connectivity index (χ0n) is 10.2. The summed E-state index contributed by atoms with van der Waals surface area (Å²) in [5.74, 6) is 1.52. The lowest BCUT2D eigenvalue weighted by atomic mass is 9.86. The molecule has 1 aliphatic carbocycles. The first-order valence-corrected chi connectivity index (χ1v) is 6.55. The fraction of sp³-hybridized carbons (Fsp3) is 0.769. The minimum absolute atomic E-state index is 0.664. The third-order valence-electron chi connectivity index (χ3n) is 3.88. The first-order chi connectivity index (χ1) is 7.83. The second-order valence-corrected chi connectivity index (χ2v) is 4.95. The Balaban J connectivity index is 1.94. The van der Waals surface area contributed by atoms with Gasteiger partial charge in [-0.15, -0.1) is 0 Å². The molecule has 0 saturated heterocycles. The van der Waals surface area contributed by atoms with E-state index in [-0.39, 0.29) is 0 Å². The van der Waals surface area contributed by atoms with Gasteiger partial charge in [-0.2, -0.15) is 5.10 Å². The van der Waals surface area contributed by atoms with Gasteiger partial charge in [0.15, 0.2) is 0 Å². The van der Waals surface area contributed by atoms with Crippen LogP contribution in [0.15, 0.2) is 12.4 Å². The molecule has 1 saturated carbocycles. The zero-order chi connectivity index (χ0) is 11.4. The van der Waals surface area contributed by atoms with Crippen molar-refractivity contribution >= 4 is 0 Å². The molecule has 90 valence electrons. The maximum atomic E-state index is 5.91. The highest BCUT2D eigenvalue weighted by atomic mass is 15.3. The third-order valence-corrected chi connectivity index (χ3v) is 3.88. The molecule has 3 heteroatoms. The average molecular weight is 221 g/mol. The summed E-state index contributed by atoms with van der Waals surface area (Å²) in [7, 11) is 0. The van der Waals surface area contributed by atoms with Gasteiger partial charge in [0.1, 0.15) is 0 Å². The molecule has 1 aromatic heterocycles. The monoisotopic (exact) mass is 221 g/mol. The molecule has 0 radical (unpaired) electrons. The highest BCUT2D eigenvalue weighted by Gasteiger charge is 2.24. The minimum Gasteiger partial charge on any atom is -0.330 e. The molecule has 0 aromatic carbocycles. The third kappa shape index (κ3) is 2.64. The van der Waals surface area contributed by atoms with Gasteiger partial charge < -0.3 is 5.73 Å². The lowest BCUT2D eigenvalue weighted by molar-refractivity contribution is 0.344. The van der Waals surface area contributed by atoms with Gasteiger partial charge in [0, 0.05) is 12.7 Å². The SMILES string of the molecule is CCn1cc(CC(CN)C2CCCC2)cn1. The molecule has 1 atom stereocenters. The molecule has 1 fully saturated rings. The van der Waals surface area contributed by atoms with Gasteiger partial charge >= 0.3 is 0 Å². The molecule has 3 nitrogen and oxygen atoms in total. The van der Waals surface area contributed by atoms with E-state index in [2.05, 4.69) is 18.2 Å². The molecule has 1 aliphatic rings.